The van der Waals surface area contributed by atoms with Crippen molar-refractivity contribution in [3.63, 3.8) is 0 Å². The molecule has 1 heterocycles. The molecule has 6 nitrogen and oxygen atoms in total. The predicted octanol–water partition coefficient (Wildman–Crippen LogP) is -0.226. The molecule has 0 radical (unpaired) electrons. The third-order valence-electron chi connectivity index (χ3n) is 1.74. The second kappa shape index (κ2) is 4.10. The van der Waals surface area contributed by atoms with Crippen LogP contribution in [0.15, 0.2) is 0 Å². The Balaban J connectivity index is 2.78. The Morgan fingerprint density at radius 1 is 1.36 bits per heavy atom. The van der Waals surface area contributed by atoms with Crippen molar-refractivity contribution < 1.29 is 4.79 Å². The molecule has 0 fully saturated rings. The van der Waals surface area contributed by atoms with Crippen molar-refractivity contribution in [1.82, 2.24) is 15.2 Å². The quantitative estimate of drug-likeness (QED) is 0.680. The molecule has 6 heteroatoms. The van der Waals surface area contributed by atoms with Crippen LogP contribution in [-0.4, -0.2) is 27.1 Å². The highest BCUT2D eigenvalue weighted by molar-refractivity contribution is 5.92. The Labute approximate surface area is 81.9 Å². The smallest absolute Gasteiger partial charge is 0.249 e. The molecular formula is C8H13N5O. The Bertz CT molecular complexity index is 350. The van der Waals surface area contributed by atoms with Crippen LogP contribution in [0.2, 0.25) is 0 Å². The van der Waals surface area contributed by atoms with Crippen LogP contribution in [0.1, 0.15) is 18.3 Å². The number of anilines is 1. The third-order valence-corrected chi connectivity index (χ3v) is 1.74. The van der Waals surface area contributed by atoms with Crippen molar-refractivity contribution in [2.24, 2.45) is 5.73 Å². The van der Waals surface area contributed by atoms with Gasteiger partial charge in [-0.15, -0.1) is 5.10 Å². The molecule has 1 rings (SSSR count). The van der Waals surface area contributed by atoms with Gasteiger partial charge in [-0.3, -0.25) is 10.1 Å². The van der Waals surface area contributed by atoms with Gasteiger partial charge in [0.25, 0.3) is 0 Å². The molecule has 0 spiro atoms. The maximum absolute atomic E-state index is 11.2. The summed E-state index contributed by atoms with van der Waals surface area (Å²) in [4.78, 5) is 15.2. The first-order chi connectivity index (χ1) is 6.50. The van der Waals surface area contributed by atoms with Crippen molar-refractivity contribution in [3.05, 3.63) is 11.4 Å². The average molecular weight is 195 g/mol. The summed E-state index contributed by atoms with van der Waals surface area (Å²) >= 11 is 0. The van der Waals surface area contributed by atoms with Crippen LogP contribution in [0, 0.1) is 13.8 Å². The lowest BCUT2D eigenvalue weighted by Gasteiger charge is -2.06. The van der Waals surface area contributed by atoms with Gasteiger partial charge in [-0.2, -0.15) is 5.10 Å². The fraction of sp³-hybridized carbons (Fsp3) is 0.500. The van der Waals surface area contributed by atoms with E-state index < -0.39 is 6.04 Å². The molecule has 0 saturated heterocycles. The third kappa shape index (κ3) is 2.46. The van der Waals surface area contributed by atoms with Gasteiger partial charge in [-0.1, -0.05) is 0 Å². The van der Waals surface area contributed by atoms with Gasteiger partial charge in [0.05, 0.1) is 17.4 Å². The minimum Gasteiger partial charge on any atom is -0.320 e. The molecule has 1 aromatic rings. The van der Waals surface area contributed by atoms with E-state index in [2.05, 4.69) is 20.5 Å². The number of aromatic nitrogens is 3. The van der Waals surface area contributed by atoms with E-state index >= 15 is 0 Å². The van der Waals surface area contributed by atoms with Gasteiger partial charge >= 0.3 is 0 Å². The van der Waals surface area contributed by atoms with E-state index in [1.165, 1.54) is 0 Å². The summed E-state index contributed by atoms with van der Waals surface area (Å²) in [7, 11) is 0. The van der Waals surface area contributed by atoms with Gasteiger partial charge < -0.3 is 5.73 Å². The Morgan fingerprint density at radius 3 is 2.50 bits per heavy atom. The zero-order valence-corrected chi connectivity index (χ0v) is 8.40. The van der Waals surface area contributed by atoms with E-state index in [4.69, 9.17) is 5.73 Å². The van der Waals surface area contributed by atoms with Gasteiger partial charge in [0.1, 0.15) is 0 Å². The highest BCUT2D eigenvalue weighted by Gasteiger charge is 2.09. The van der Waals surface area contributed by atoms with Gasteiger partial charge in [0.2, 0.25) is 11.9 Å². The summed E-state index contributed by atoms with van der Waals surface area (Å²) in [5, 5.41) is 10.00. The Kier molecular flexibility index (Phi) is 3.08. The summed E-state index contributed by atoms with van der Waals surface area (Å²) in [5.74, 6) is -0.134. The van der Waals surface area contributed by atoms with Gasteiger partial charge in [0, 0.05) is 0 Å². The lowest BCUT2D eigenvalue weighted by atomic mass is 10.3. The number of nitrogens with zero attached hydrogens (tertiary/aromatic N) is 3. The highest BCUT2D eigenvalue weighted by atomic mass is 16.2. The van der Waals surface area contributed by atoms with E-state index in [-0.39, 0.29) is 11.9 Å². The van der Waals surface area contributed by atoms with Crippen LogP contribution in [0.5, 0.6) is 0 Å². The van der Waals surface area contributed by atoms with Gasteiger partial charge in [-0.25, -0.2) is 4.98 Å². The molecule has 1 aromatic heterocycles. The molecule has 0 bridgehead atoms. The SMILES string of the molecule is Cc1nnc(NC(=O)C(C)N)nc1C. The number of hydrogen-bond acceptors (Lipinski definition) is 5. The van der Waals surface area contributed by atoms with Crippen molar-refractivity contribution in [1.29, 1.82) is 0 Å². The Hall–Kier alpha value is -1.56. The summed E-state index contributed by atoms with van der Waals surface area (Å²) in [6.45, 7) is 5.18. The second-order valence-corrected chi connectivity index (χ2v) is 3.08. The number of amides is 1. The first kappa shape index (κ1) is 10.5. The summed E-state index contributed by atoms with van der Waals surface area (Å²) in [5.41, 5.74) is 6.84. The van der Waals surface area contributed by atoms with E-state index in [0.29, 0.717) is 0 Å². The molecule has 14 heavy (non-hydrogen) atoms. The fourth-order valence-electron chi connectivity index (χ4n) is 0.734. The van der Waals surface area contributed by atoms with E-state index in [0.717, 1.165) is 11.4 Å². The molecule has 0 aromatic carbocycles. The zero-order valence-electron chi connectivity index (χ0n) is 8.40. The number of rotatable bonds is 2. The standard InChI is InChI=1S/C8H13N5O/c1-4(9)7(14)11-8-10-5(2)6(3)12-13-8/h4H,9H2,1-3H3,(H,10,11,13,14). The van der Waals surface area contributed by atoms with E-state index in [9.17, 15) is 4.79 Å². The van der Waals surface area contributed by atoms with Crippen LogP contribution >= 0.6 is 0 Å². The van der Waals surface area contributed by atoms with Crippen molar-refractivity contribution in [2.45, 2.75) is 26.8 Å². The first-order valence-corrected chi connectivity index (χ1v) is 4.25. The minimum absolute atomic E-state index is 0.190. The molecule has 0 aliphatic heterocycles. The van der Waals surface area contributed by atoms with Crippen molar-refractivity contribution in [3.8, 4) is 0 Å². The lowest BCUT2D eigenvalue weighted by molar-refractivity contribution is -0.117. The monoisotopic (exact) mass is 195 g/mol. The summed E-state index contributed by atoms with van der Waals surface area (Å²) in [6, 6.07) is -0.583. The van der Waals surface area contributed by atoms with Crippen LogP contribution < -0.4 is 11.1 Å². The first-order valence-electron chi connectivity index (χ1n) is 4.25. The molecule has 1 amide bonds. The molecule has 1 atom stereocenters. The van der Waals surface area contributed by atoms with Crippen molar-refractivity contribution >= 4 is 11.9 Å². The summed E-state index contributed by atoms with van der Waals surface area (Å²) < 4.78 is 0. The molecular weight excluding hydrogens is 182 g/mol. The number of carbonyl (C=O) groups excluding carboxylic acids is 1. The average Bonchev–Trinajstić information content (AvgIpc) is 2.11. The summed E-state index contributed by atoms with van der Waals surface area (Å²) in [6.07, 6.45) is 0. The molecule has 0 aliphatic rings. The number of nitrogens with one attached hydrogen (secondary N) is 1. The molecule has 0 aliphatic carbocycles. The molecule has 0 saturated carbocycles. The topological polar surface area (TPSA) is 93.8 Å². The largest absolute Gasteiger partial charge is 0.320 e. The fourth-order valence-corrected chi connectivity index (χ4v) is 0.734. The maximum atomic E-state index is 11.2. The number of carbonyl (C=O) groups is 1. The lowest BCUT2D eigenvalue weighted by Crippen LogP contribution is -2.33. The molecule has 1 unspecified atom stereocenters. The maximum Gasteiger partial charge on any atom is 0.249 e. The predicted molar refractivity (Wildman–Crippen MR) is 51.6 cm³/mol. The number of aryl methyl sites for hydroxylation is 2. The van der Waals surface area contributed by atoms with Crippen LogP contribution in [-0.2, 0) is 4.79 Å². The second-order valence-electron chi connectivity index (χ2n) is 3.08. The van der Waals surface area contributed by atoms with Gasteiger partial charge in [-0.05, 0) is 20.8 Å². The number of nitrogens with two attached hydrogens (primary N) is 1. The molecule has 3 N–H and O–H groups in total. The van der Waals surface area contributed by atoms with E-state index in [1.54, 1.807) is 20.8 Å². The minimum atomic E-state index is -0.583. The van der Waals surface area contributed by atoms with Crippen LogP contribution in [0.25, 0.3) is 0 Å². The Morgan fingerprint density at radius 2 is 2.00 bits per heavy atom. The highest BCUT2D eigenvalue weighted by Crippen LogP contribution is 2.01. The zero-order chi connectivity index (χ0) is 10.7. The van der Waals surface area contributed by atoms with E-state index in [1.807, 2.05) is 0 Å². The molecule has 76 valence electrons. The normalized spacial score (nSPS) is 12.3. The van der Waals surface area contributed by atoms with Crippen LogP contribution in [0.3, 0.4) is 0 Å². The van der Waals surface area contributed by atoms with Crippen molar-refractivity contribution in [2.75, 3.05) is 5.32 Å². The van der Waals surface area contributed by atoms with Gasteiger partial charge in [0.15, 0.2) is 0 Å². The number of hydrogen-bond donors (Lipinski definition) is 2. The van der Waals surface area contributed by atoms with Crippen LogP contribution in [0.4, 0.5) is 5.95 Å².